The number of nitro benzene ring substituents is 1. The normalized spacial score (nSPS) is 13.8. The predicted octanol–water partition coefficient (Wildman–Crippen LogP) is 5.89. The number of hydrogen-bond acceptors (Lipinski definition) is 12. The molecule has 0 saturated carbocycles. The molecular formula is C39H45N9O5S2. The van der Waals surface area contributed by atoms with Crippen molar-refractivity contribution in [3.05, 3.63) is 113 Å². The molecule has 1 saturated heterocycles. The molecule has 5 aromatic rings. The Morgan fingerprint density at radius 3 is 2.40 bits per heavy atom. The summed E-state index contributed by atoms with van der Waals surface area (Å²) in [7, 11) is 3.54. The molecular weight excluding hydrogens is 739 g/mol. The molecule has 0 bridgehead atoms. The van der Waals surface area contributed by atoms with Gasteiger partial charge in [-0.05, 0) is 87.7 Å². The first kappa shape index (κ1) is 39.2. The number of anilines is 4. The van der Waals surface area contributed by atoms with Gasteiger partial charge in [-0.3, -0.25) is 19.6 Å². The highest BCUT2D eigenvalue weighted by Crippen LogP contribution is 2.32. The lowest BCUT2D eigenvalue weighted by molar-refractivity contribution is -0.384. The van der Waals surface area contributed by atoms with Gasteiger partial charge in [0.15, 0.2) is 5.82 Å². The molecule has 1 aromatic heterocycles. The van der Waals surface area contributed by atoms with Gasteiger partial charge < -0.3 is 24.9 Å². The number of amides is 1. The highest BCUT2D eigenvalue weighted by atomic mass is 32.2. The van der Waals surface area contributed by atoms with E-state index in [1.807, 2.05) is 110 Å². The highest BCUT2D eigenvalue weighted by molar-refractivity contribution is 7.99. The van der Waals surface area contributed by atoms with Crippen LogP contribution in [0.3, 0.4) is 0 Å². The van der Waals surface area contributed by atoms with Crippen molar-refractivity contribution in [3.63, 3.8) is 0 Å². The molecule has 4 aromatic carbocycles. The SMILES string of the molecule is CN(C)CCC(CSc1ccccc1)Nc1ccc(S(=O)(=O)Nc2ncnc3cc(N4CCN(C(=O)c5cccc(N(C)C)c5)CC4)ccc23)cc1[N+](=O)[O-]. The average Bonchev–Trinajstić information content (AvgIpc) is 3.18. The number of nitrogens with zero attached hydrogens (tertiary/aromatic N) is 7. The number of sulfonamides is 1. The summed E-state index contributed by atoms with van der Waals surface area (Å²) in [4.78, 5) is 42.4. The monoisotopic (exact) mass is 783 g/mol. The largest absolute Gasteiger partial charge is 0.378 e. The van der Waals surface area contributed by atoms with Crippen LogP contribution in [0, 0.1) is 10.1 Å². The Hall–Kier alpha value is -5.45. The van der Waals surface area contributed by atoms with Crippen LogP contribution in [-0.2, 0) is 10.0 Å². The van der Waals surface area contributed by atoms with Crippen molar-refractivity contribution in [2.45, 2.75) is 22.3 Å². The molecule has 55 heavy (non-hydrogen) atoms. The topological polar surface area (TPSA) is 157 Å². The number of carbonyl (C=O) groups excluding carboxylic acids is 1. The van der Waals surface area contributed by atoms with E-state index in [-0.39, 0.29) is 34.0 Å². The number of nitrogens with one attached hydrogen (secondary N) is 2. The second-order valence-corrected chi connectivity index (χ2v) is 16.5. The lowest BCUT2D eigenvalue weighted by Crippen LogP contribution is -2.48. The van der Waals surface area contributed by atoms with Gasteiger partial charge in [0.1, 0.15) is 12.0 Å². The van der Waals surface area contributed by atoms with E-state index >= 15 is 0 Å². The highest BCUT2D eigenvalue weighted by Gasteiger charge is 2.26. The minimum atomic E-state index is -4.28. The van der Waals surface area contributed by atoms with Crippen LogP contribution in [0.2, 0.25) is 0 Å². The molecule has 288 valence electrons. The number of fused-ring (bicyclic) bond motifs is 1. The Kier molecular flexibility index (Phi) is 12.4. The summed E-state index contributed by atoms with van der Waals surface area (Å²) < 4.78 is 29.9. The molecule has 1 aliphatic rings. The molecule has 1 aliphatic heterocycles. The lowest BCUT2D eigenvalue weighted by Gasteiger charge is -2.36. The van der Waals surface area contributed by atoms with Crippen molar-refractivity contribution < 1.29 is 18.1 Å². The fourth-order valence-electron chi connectivity index (χ4n) is 6.27. The van der Waals surface area contributed by atoms with Gasteiger partial charge in [0, 0.05) is 85.4 Å². The summed E-state index contributed by atoms with van der Waals surface area (Å²) in [5.74, 6) is 0.699. The quantitative estimate of drug-likeness (QED) is 0.0739. The van der Waals surface area contributed by atoms with E-state index in [9.17, 15) is 23.3 Å². The summed E-state index contributed by atoms with van der Waals surface area (Å²) in [6.07, 6.45) is 2.00. The van der Waals surface area contributed by atoms with Gasteiger partial charge in [0.25, 0.3) is 21.6 Å². The molecule has 16 heteroatoms. The number of piperazine rings is 1. The van der Waals surface area contributed by atoms with E-state index in [2.05, 4.69) is 24.9 Å². The third kappa shape index (κ3) is 9.81. The van der Waals surface area contributed by atoms with Gasteiger partial charge in [-0.2, -0.15) is 0 Å². The third-order valence-electron chi connectivity index (χ3n) is 9.35. The molecule has 0 radical (unpaired) electrons. The molecule has 2 N–H and O–H groups in total. The van der Waals surface area contributed by atoms with Crippen molar-refractivity contribution in [3.8, 4) is 0 Å². The van der Waals surface area contributed by atoms with Crippen molar-refractivity contribution in [2.24, 2.45) is 0 Å². The molecule has 0 aliphatic carbocycles. The standard InChI is InChI=1S/C39H45N9O5S2/c1-44(2)18-17-29(26-54-32-11-6-5-7-12-32)42-35-16-14-33(25-37(35)48(50)51)55(52,53)43-38-34-15-13-31(24-36(34)40-27-41-38)46-19-21-47(22-20-46)39(49)28-9-8-10-30(23-28)45(3)4/h5-16,23-25,27,29,42H,17-22,26H2,1-4H3,(H,40,41,43). The molecule has 2 heterocycles. The minimum Gasteiger partial charge on any atom is -0.378 e. The van der Waals surface area contributed by atoms with Gasteiger partial charge >= 0.3 is 0 Å². The fourth-order valence-corrected chi connectivity index (χ4v) is 8.32. The van der Waals surface area contributed by atoms with Crippen molar-refractivity contribution in [1.29, 1.82) is 0 Å². The van der Waals surface area contributed by atoms with E-state index in [4.69, 9.17) is 0 Å². The molecule has 1 amide bonds. The Morgan fingerprint density at radius 1 is 0.927 bits per heavy atom. The maximum Gasteiger partial charge on any atom is 0.293 e. The van der Waals surface area contributed by atoms with E-state index in [0.29, 0.717) is 48.4 Å². The molecule has 0 spiro atoms. The lowest BCUT2D eigenvalue weighted by atomic mass is 10.1. The van der Waals surface area contributed by atoms with Gasteiger partial charge in [-0.25, -0.2) is 18.4 Å². The second-order valence-electron chi connectivity index (χ2n) is 13.7. The zero-order valence-electron chi connectivity index (χ0n) is 31.3. The van der Waals surface area contributed by atoms with Gasteiger partial charge in [0.05, 0.1) is 15.3 Å². The van der Waals surface area contributed by atoms with Crippen LogP contribution < -0.4 is 19.8 Å². The summed E-state index contributed by atoms with van der Waals surface area (Å²) in [6, 6.07) is 26.7. The van der Waals surface area contributed by atoms with Crippen LogP contribution in [0.25, 0.3) is 10.9 Å². The van der Waals surface area contributed by atoms with Gasteiger partial charge in [-0.1, -0.05) is 24.3 Å². The van der Waals surface area contributed by atoms with Crippen LogP contribution in [0.15, 0.2) is 107 Å². The van der Waals surface area contributed by atoms with Crippen molar-refractivity contribution in [1.82, 2.24) is 19.8 Å². The number of benzene rings is 4. The number of nitro groups is 1. The van der Waals surface area contributed by atoms with Gasteiger partial charge in [0.2, 0.25) is 0 Å². The van der Waals surface area contributed by atoms with E-state index in [1.165, 1.54) is 18.5 Å². The average molecular weight is 784 g/mol. The van der Waals surface area contributed by atoms with Crippen LogP contribution in [0.5, 0.6) is 0 Å². The zero-order valence-corrected chi connectivity index (χ0v) is 32.9. The third-order valence-corrected chi connectivity index (χ3v) is 11.9. The maximum atomic E-state index is 13.7. The van der Waals surface area contributed by atoms with E-state index < -0.39 is 14.9 Å². The molecule has 14 nitrogen and oxygen atoms in total. The summed E-state index contributed by atoms with van der Waals surface area (Å²) >= 11 is 1.65. The maximum absolute atomic E-state index is 13.7. The number of carbonyl (C=O) groups is 1. The number of aromatic nitrogens is 2. The van der Waals surface area contributed by atoms with Crippen LogP contribution in [0.1, 0.15) is 16.8 Å². The summed E-state index contributed by atoms with van der Waals surface area (Å²) in [6.45, 7) is 3.07. The Bertz CT molecular complexity index is 2250. The summed E-state index contributed by atoms with van der Waals surface area (Å²) in [5, 5.41) is 16.0. The van der Waals surface area contributed by atoms with Crippen LogP contribution in [-0.4, -0.2) is 112 Å². The first-order valence-electron chi connectivity index (χ1n) is 17.8. The number of thioether (sulfide) groups is 1. The Morgan fingerprint density at radius 2 is 1.69 bits per heavy atom. The van der Waals surface area contributed by atoms with Crippen molar-refractivity contribution in [2.75, 3.05) is 86.5 Å². The Labute approximate surface area is 325 Å². The number of hydrogen-bond donors (Lipinski definition) is 2. The van der Waals surface area contributed by atoms with Crippen molar-refractivity contribution >= 4 is 67.2 Å². The van der Waals surface area contributed by atoms with Crippen LogP contribution in [0.4, 0.5) is 28.6 Å². The van der Waals surface area contributed by atoms with Crippen LogP contribution >= 0.6 is 11.8 Å². The molecule has 1 atom stereocenters. The summed E-state index contributed by atoms with van der Waals surface area (Å²) in [5.41, 5.74) is 2.91. The predicted molar refractivity (Wildman–Crippen MR) is 220 cm³/mol. The first-order valence-corrected chi connectivity index (χ1v) is 20.3. The molecule has 1 fully saturated rings. The fraction of sp³-hybridized carbons (Fsp3) is 0.308. The minimum absolute atomic E-state index is 0.00935. The number of rotatable bonds is 15. The Balaban J connectivity index is 1.15. The molecule has 6 rings (SSSR count). The first-order chi connectivity index (χ1) is 26.4. The molecule has 1 unspecified atom stereocenters. The smallest absolute Gasteiger partial charge is 0.293 e. The van der Waals surface area contributed by atoms with E-state index in [0.717, 1.165) is 35.3 Å². The van der Waals surface area contributed by atoms with Gasteiger partial charge in [-0.15, -0.1) is 11.8 Å². The van der Waals surface area contributed by atoms with E-state index in [1.54, 1.807) is 17.8 Å². The second kappa shape index (κ2) is 17.3. The zero-order chi connectivity index (χ0) is 39.1.